The Hall–Kier alpha value is -3.86. The standard InChI is InChI=1S/C24H21N3O2/c1-18-15-27(17-25-18)22-11-13-23(14-12-22)29-16-24(28)26-21-9-7-20(8-10-21)19-5-3-2-4-6-19/h2-15,17H,16H2,1H3,(H,26,28). The van der Waals surface area contributed by atoms with Gasteiger partial charge in [0.1, 0.15) is 5.75 Å². The van der Waals surface area contributed by atoms with Crippen LogP contribution in [0.15, 0.2) is 91.4 Å². The molecule has 0 aliphatic carbocycles. The number of imidazole rings is 1. The normalized spacial score (nSPS) is 10.5. The average molecular weight is 383 g/mol. The number of carbonyl (C=O) groups is 1. The highest BCUT2D eigenvalue weighted by Crippen LogP contribution is 2.21. The van der Waals surface area contributed by atoms with Crippen molar-refractivity contribution in [2.24, 2.45) is 0 Å². The molecule has 0 unspecified atom stereocenters. The zero-order valence-corrected chi connectivity index (χ0v) is 16.1. The molecule has 0 radical (unpaired) electrons. The number of amides is 1. The van der Waals surface area contributed by atoms with Gasteiger partial charge in [-0.1, -0.05) is 42.5 Å². The summed E-state index contributed by atoms with van der Waals surface area (Å²) >= 11 is 0. The van der Waals surface area contributed by atoms with Crippen LogP contribution < -0.4 is 10.1 Å². The molecule has 3 aromatic carbocycles. The number of nitrogens with one attached hydrogen (secondary N) is 1. The Balaban J connectivity index is 1.31. The number of carbonyl (C=O) groups excluding carboxylic acids is 1. The van der Waals surface area contributed by atoms with E-state index in [1.54, 1.807) is 6.33 Å². The van der Waals surface area contributed by atoms with Gasteiger partial charge in [0.15, 0.2) is 6.61 Å². The molecular weight excluding hydrogens is 362 g/mol. The Bertz CT molecular complexity index is 1090. The monoisotopic (exact) mass is 383 g/mol. The van der Waals surface area contributed by atoms with Crippen LogP contribution in [-0.4, -0.2) is 22.1 Å². The Labute approximate surface area is 169 Å². The molecular formula is C24H21N3O2. The van der Waals surface area contributed by atoms with Crippen LogP contribution in [-0.2, 0) is 4.79 Å². The molecule has 4 rings (SSSR count). The molecule has 0 atom stereocenters. The molecule has 5 nitrogen and oxygen atoms in total. The highest BCUT2D eigenvalue weighted by atomic mass is 16.5. The molecule has 0 aliphatic heterocycles. The Morgan fingerprint density at radius 2 is 1.62 bits per heavy atom. The number of ether oxygens (including phenoxy) is 1. The first-order valence-electron chi connectivity index (χ1n) is 9.36. The lowest BCUT2D eigenvalue weighted by molar-refractivity contribution is -0.118. The summed E-state index contributed by atoms with van der Waals surface area (Å²) in [5, 5.41) is 2.85. The molecule has 1 N–H and O–H groups in total. The van der Waals surface area contributed by atoms with E-state index in [2.05, 4.69) is 22.4 Å². The first-order chi connectivity index (χ1) is 14.2. The smallest absolute Gasteiger partial charge is 0.262 e. The van der Waals surface area contributed by atoms with E-state index >= 15 is 0 Å². The zero-order valence-electron chi connectivity index (χ0n) is 16.1. The molecule has 0 fully saturated rings. The van der Waals surface area contributed by atoms with E-state index in [9.17, 15) is 4.79 Å². The van der Waals surface area contributed by atoms with Crippen molar-refractivity contribution >= 4 is 11.6 Å². The fraction of sp³-hybridized carbons (Fsp3) is 0.0833. The number of nitrogens with zero attached hydrogens (tertiary/aromatic N) is 2. The third-order valence-corrected chi connectivity index (χ3v) is 4.49. The fourth-order valence-corrected chi connectivity index (χ4v) is 3.00. The zero-order chi connectivity index (χ0) is 20.1. The quantitative estimate of drug-likeness (QED) is 0.517. The minimum Gasteiger partial charge on any atom is -0.484 e. The van der Waals surface area contributed by atoms with Crippen LogP contribution in [0.25, 0.3) is 16.8 Å². The maximum absolute atomic E-state index is 12.2. The molecule has 29 heavy (non-hydrogen) atoms. The van der Waals surface area contributed by atoms with Crippen LogP contribution in [0.5, 0.6) is 5.75 Å². The second kappa shape index (κ2) is 8.44. The Morgan fingerprint density at radius 1 is 0.931 bits per heavy atom. The van der Waals surface area contributed by atoms with E-state index < -0.39 is 0 Å². The van der Waals surface area contributed by atoms with Crippen LogP contribution >= 0.6 is 0 Å². The summed E-state index contributed by atoms with van der Waals surface area (Å²) in [5.41, 5.74) is 4.93. The molecule has 1 aromatic heterocycles. The number of anilines is 1. The van der Waals surface area contributed by atoms with Gasteiger partial charge in [0.2, 0.25) is 0 Å². The van der Waals surface area contributed by atoms with Crippen LogP contribution in [0.1, 0.15) is 5.69 Å². The van der Waals surface area contributed by atoms with Gasteiger partial charge in [-0.05, 0) is 54.4 Å². The van der Waals surface area contributed by atoms with Crippen molar-refractivity contribution in [3.8, 4) is 22.6 Å². The van der Waals surface area contributed by atoms with E-state index in [1.807, 2.05) is 84.4 Å². The molecule has 1 heterocycles. The van der Waals surface area contributed by atoms with E-state index in [4.69, 9.17) is 4.74 Å². The molecule has 144 valence electrons. The topological polar surface area (TPSA) is 56.1 Å². The maximum Gasteiger partial charge on any atom is 0.262 e. The van der Waals surface area contributed by atoms with Gasteiger partial charge < -0.3 is 14.6 Å². The van der Waals surface area contributed by atoms with E-state index in [0.717, 1.165) is 28.2 Å². The van der Waals surface area contributed by atoms with Gasteiger partial charge in [-0.15, -0.1) is 0 Å². The number of hydrogen-bond donors (Lipinski definition) is 1. The molecule has 1 amide bonds. The van der Waals surface area contributed by atoms with Crippen molar-refractivity contribution in [1.82, 2.24) is 9.55 Å². The molecule has 0 spiro atoms. The first-order valence-corrected chi connectivity index (χ1v) is 9.36. The van der Waals surface area contributed by atoms with Crippen molar-refractivity contribution < 1.29 is 9.53 Å². The van der Waals surface area contributed by atoms with Gasteiger partial charge >= 0.3 is 0 Å². The summed E-state index contributed by atoms with van der Waals surface area (Å²) < 4.78 is 7.53. The van der Waals surface area contributed by atoms with Gasteiger partial charge in [0, 0.05) is 17.6 Å². The summed E-state index contributed by atoms with van der Waals surface area (Å²) in [6.45, 7) is 1.89. The van der Waals surface area contributed by atoms with Gasteiger partial charge in [-0.2, -0.15) is 0 Å². The maximum atomic E-state index is 12.2. The molecule has 0 saturated heterocycles. The van der Waals surface area contributed by atoms with E-state index in [0.29, 0.717) is 5.75 Å². The SMILES string of the molecule is Cc1cn(-c2ccc(OCC(=O)Nc3ccc(-c4ccccc4)cc3)cc2)cn1. The average Bonchev–Trinajstić information content (AvgIpc) is 3.20. The molecule has 0 aliphatic rings. The van der Waals surface area contributed by atoms with Crippen molar-refractivity contribution in [2.75, 3.05) is 11.9 Å². The lowest BCUT2D eigenvalue weighted by Crippen LogP contribution is -2.20. The van der Waals surface area contributed by atoms with Gasteiger partial charge in [-0.25, -0.2) is 4.98 Å². The van der Waals surface area contributed by atoms with Crippen molar-refractivity contribution in [3.63, 3.8) is 0 Å². The molecule has 0 saturated carbocycles. The summed E-state index contributed by atoms with van der Waals surface area (Å²) in [4.78, 5) is 16.4. The summed E-state index contributed by atoms with van der Waals surface area (Å²) in [7, 11) is 0. The Kier molecular flexibility index (Phi) is 5.38. The van der Waals surface area contributed by atoms with Gasteiger partial charge in [-0.3, -0.25) is 4.79 Å². The number of hydrogen-bond acceptors (Lipinski definition) is 3. The second-order valence-corrected chi connectivity index (χ2v) is 6.70. The number of benzene rings is 3. The summed E-state index contributed by atoms with van der Waals surface area (Å²) in [6, 6.07) is 25.4. The van der Waals surface area contributed by atoms with E-state index in [-0.39, 0.29) is 12.5 Å². The van der Waals surface area contributed by atoms with Crippen LogP contribution in [0.4, 0.5) is 5.69 Å². The van der Waals surface area contributed by atoms with Gasteiger partial charge in [0.25, 0.3) is 5.91 Å². The molecule has 5 heteroatoms. The second-order valence-electron chi connectivity index (χ2n) is 6.70. The predicted molar refractivity (Wildman–Crippen MR) is 114 cm³/mol. The van der Waals surface area contributed by atoms with Crippen LogP contribution in [0, 0.1) is 6.92 Å². The first kappa shape index (κ1) is 18.5. The summed E-state index contributed by atoms with van der Waals surface area (Å²) in [5.74, 6) is 0.437. The lowest BCUT2D eigenvalue weighted by atomic mass is 10.1. The highest BCUT2D eigenvalue weighted by molar-refractivity contribution is 5.92. The highest BCUT2D eigenvalue weighted by Gasteiger charge is 2.05. The van der Waals surface area contributed by atoms with Crippen LogP contribution in [0.2, 0.25) is 0 Å². The largest absolute Gasteiger partial charge is 0.484 e. The Morgan fingerprint density at radius 3 is 2.28 bits per heavy atom. The number of rotatable bonds is 6. The molecule has 0 bridgehead atoms. The lowest BCUT2D eigenvalue weighted by Gasteiger charge is -2.09. The van der Waals surface area contributed by atoms with Gasteiger partial charge in [0.05, 0.1) is 12.0 Å². The minimum absolute atomic E-state index is 0.0516. The van der Waals surface area contributed by atoms with Crippen molar-refractivity contribution in [1.29, 1.82) is 0 Å². The van der Waals surface area contributed by atoms with Crippen LogP contribution in [0.3, 0.4) is 0 Å². The minimum atomic E-state index is -0.202. The van der Waals surface area contributed by atoms with E-state index in [1.165, 1.54) is 0 Å². The summed E-state index contributed by atoms with van der Waals surface area (Å²) in [6.07, 6.45) is 3.72. The fourth-order valence-electron chi connectivity index (χ4n) is 3.00. The third-order valence-electron chi connectivity index (χ3n) is 4.49. The number of aryl methyl sites for hydroxylation is 1. The number of aromatic nitrogens is 2. The van der Waals surface area contributed by atoms with Crippen molar-refractivity contribution in [2.45, 2.75) is 6.92 Å². The predicted octanol–water partition coefficient (Wildman–Crippen LogP) is 4.87. The van der Waals surface area contributed by atoms with Crippen molar-refractivity contribution in [3.05, 3.63) is 97.1 Å². The third kappa shape index (κ3) is 4.71. The molecule has 4 aromatic rings.